The van der Waals surface area contributed by atoms with Gasteiger partial charge in [-0.3, -0.25) is 4.98 Å². The molecule has 5 rings (SSSR count). The summed E-state index contributed by atoms with van der Waals surface area (Å²) >= 11 is 6.13. The number of nitrogens with zero attached hydrogens (tertiary/aromatic N) is 3. The topological polar surface area (TPSA) is 70.8 Å². The van der Waals surface area contributed by atoms with Gasteiger partial charge in [0.15, 0.2) is 0 Å². The van der Waals surface area contributed by atoms with Gasteiger partial charge in [0.05, 0.1) is 22.3 Å². The van der Waals surface area contributed by atoms with Crippen molar-refractivity contribution in [3.8, 4) is 22.5 Å². The lowest BCUT2D eigenvalue weighted by Gasteiger charge is -2.42. The predicted octanol–water partition coefficient (Wildman–Crippen LogP) is 4.79. The second-order valence-corrected chi connectivity index (χ2v) is 8.29. The Morgan fingerprint density at radius 2 is 1.97 bits per heavy atom. The number of nitrogens with one attached hydrogen (secondary N) is 1. The van der Waals surface area contributed by atoms with Crippen molar-refractivity contribution in [2.24, 2.45) is 11.7 Å². The molecule has 2 aromatic carbocycles. The van der Waals surface area contributed by atoms with Crippen LogP contribution in [0.25, 0.3) is 33.5 Å². The molecule has 1 aliphatic rings. The van der Waals surface area contributed by atoms with Gasteiger partial charge in [0, 0.05) is 42.0 Å². The van der Waals surface area contributed by atoms with E-state index in [1.807, 2.05) is 31.2 Å². The fourth-order valence-electron chi connectivity index (χ4n) is 4.08. The Labute approximate surface area is 178 Å². The first-order valence-electron chi connectivity index (χ1n) is 9.88. The maximum absolute atomic E-state index is 14.2. The SMILES string of the molecule is Cc1cc(F)cc(-c2cncc(-c3nc4cc(Cl)ccc4[nH]3)c2N2CC(CN)C2)c1. The number of anilines is 1. The van der Waals surface area contributed by atoms with Crippen LogP contribution in [-0.2, 0) is 0 Å². The second kappa shape index (κ2) is 7.38. The highest BCUT2D eigenvalue weighted by Gasteiger charge is 2.30. The number of H-pyrrole nitrogens is 1. The first-order valence-corrected chi connectivity index (χ1v) is 10.3. The van der Waals surface area contributed by atoms with Crippen molar-refractivity contribution in [2.75, 3.05) is 24.5 Å². The van der Waals surface area contributed by atoms with Crippen LogP contribution in [0.1, 0.15) is 5.56 Å². The van der Waals surface area contributed by atoms with Crippen LogP contribution in [0, 0.1) is 18.7 Å². The number of pyridine rings is 1. The van der Waals surface area contributed by atoms with Crippen molar-refractivity contribution < 1.29 is 4.39 Å². The maximum atomic E-state index is 14.2. The van der Waals surface area contributed by atoms with E-state index in [0.29, 0.717) is 23.3 Å². The number of fused-ring (bicyclic) bond motifs is 1. The average molecular weight is 422 g/mol. The standard InChI is InChI=1S/C23H21ClFN5/c1-13-4-15(6-17(25)5-13)18-9-27-10-19(22(18)30-11-14(8-26)12-30)23-28-20-3-2-16(24)7-21(20)29-23/h2-7,9-10,14H,8,11-12,26H2,1H3,(H,28,29). The molecule has 0 atom stereocenters. The van der Waals surface area contributed by atoms with E-state index in [2.05, 4.69) is 14.9 Å². The number of aromatic amines is 1. The Bertz CT molecular complexity index is 1230. The van der Waals surface area contributed by atoms with Crippen molar-refractivity contribution in [3.63, 3.8) is 0 Å². The molecule has 2 aromatic heterocycles. The molecule has 4 aromatic rings. The Kier molecular flexibility index (Phi) is 4.68. The number of hydrogen-bond acceptors (Lipinski definition) is 4. The predicted molar refractivity (Wildman–Crippen MR) is 119 cm³/mol. The normalized spacial score (nSPS) is 14.3. The number of aromatic nitrogens is 3. The zero-order valence-corrected chi connectivity index (χ0v) is 17.2. The fraction of sp³-hybridized carbons (Fsp3) is 0.217. The summed E-state index contributed by atoms with van der Waals surface area (Å²) in [6.45, 7) is 4.23. The number of hydrogen-bond donors (Lipinski definition) is 2. The molecule has 0 radical (unpaired) electrons. The monoisotopic (exact) mass is 421 g/mol. The minimum atomic E-state index is -0.261. The van der Waals surface area contributed by atoms with Crippen LogP contribution in [0.3, 0.4) is 0 Å². The van der Waals surface area contributed by atoms with E-state index in [-0.39, 0.29) is 5.82 Å². The van der Waals surface area contributed by atoms with E-state index in [4.69, 9.17) is 22.3 Å². The zero-order chi connectivity index (χ0) is 20.8. The maximum Gasteiger partial charge on any atom is 0.142 e. The number of rotatable bonds is 4. The molecule has 0 amide bonds. The molecule has 30 heavy (non-hydrogen) atoms. The minimum absolute atomic E-state index is 0.261. The van der Waals surface area contributed by atoms with Gasteiger partial charge in [-0.15, -0.1) is 0 Å². The largest absolute Gasteiger partial charge is 0.370 e. The van der Waals surface area contributed by atoms with Crippen LogP contribution >= 0.6 is 11.6 Å². The summed E-state index contributed by atoms with van der Waals surface area (Å²) in [5.41, 5.74) is 12.0. The average Bonchev–Trinajstić information content (AvgIpc) is 3.09. The number of halogens is 2. The molecule has 3 N–H and O–H groups in total. The number of imidazole rings is 1. The van der Waals surface area contributed by atoms with Crippen LogP contribution in [0.15, 0.2) is 48.8 Å². The third-order valence-corrected chi connectivity index (χ3v) is 5.81. The third-order valence-electron chi connectivity index (χ3n) is 5.58. The molecule has 0 saturated carbocycles. The van der Waals surface area contributed by atoms with Crippen molar-refractivity contribution in [1.82, 2.24) is 15.0 Å². The van der Waals surface area contributed by atoms with Gasteiger partial charge < -0.3 is 15.6 Å². The highest BCUT2D eigenvalue weighted by molar-refractivity contribution is 6.31. The molecule has 152 valence electrons. The number of nitrogens with two attached hydrogens (primary N) is 1. The molecule has 0 spiro atoms. The van der Waals surface area contributed by atoms with Crippen molar-refractivity contribution in [2.45, 2.75) is 6.92 Å². The van der Waals surface area contributed by atoms with E-state index in [1.165, 1.54) is 6.07 Å². The molecular weight excluding hydrogens is 401 g/mol. The minimum Gasteiger partial charge on any atom is -0.370 e. The van der Waals surface area contributed by atoms with Gasteiger partial charge in [-0.1, -0.05) is 17.7 Å². The molecule has 5 nitrogen and oxygen atoms in total. The van der Waals surface area contributed by atoms with Crippen LogP contribution in [0.2, 0.25) is 5.02 Å². The van der Waals surface area contributed by atoms with E-state index in [0.717, 1.165) is 52.1 Å². The summed E-state index contributed by atoms with van der Waals surface area (Å²) in [6.07, 6.45) is 3.60. The van der Waals surface area contributed by atoms with Gasteiger partial charge >= 0.3 is 0 Å². The molecular formula is C23H21ClFN5. The van der Waals surface area contributed by atoms with Crippen LogP contribution in [0.5, 0.6) is 0 Å². The first kappa shape index (κ1) is 19.0. The van der Waals surface area contributed by atoms with Crippen LogP contribution < -0.4 is 10.6 Å². The van der Waals surface area contributed by atoms with Crippen molar-refractivity contribution in [3.05, 3.63) is 65.2 Å². The van der Waals surface area contributed by atoms with E-state index in [9.17, 15) is 4.39 Å². The highest BCUT2D eigenvalue weighted by Crippen LogP contribution is 2.41. The van der Waals surface area contributed by atoms with Crippen LogP contribution in [-0.4, -0.2) is 34.6 Å². The Morgan fingerprint density at radius 3 is 2.73 bits per heavy atom. The fourth-order valence-corrected chi connectivity index (χ4v) is 4.25. The summed E-state index contributed by atoms with van der Waals surface area (Å²) < 4.78 is 14.2. The first-order chi connectivity index (χ1) is 14.5. The lowest BCUT2D eigenvalue weighted by molar-refractivity contribution is 0.421. The van der Waals surface area contributed by atoms with Gasteiger partial charge in [0.2, 0.25) is 0 Å². The summed E-state index contributed by atoms with van der Waals surface area (Å²) in [5.74, 6) is 0.895. The molecule has 0 unspecified atom stereocenters. The van der Waals surface area contributed by atoms with Crippen molar-refractivity contribution >= 4 is 28.3 Å². The zero-order valence-electron chi connectivity index (χ0n) is 16.5. The van der Waals surface area contributed by atoms with Gasteiger partial charge in [-0.05, 0) is 54.9 Å². The highest BCUT2D eigenvalue weighted by atomic mass is 35.5. The number of aryl methyl sites for hydroxylation is 1. The quantitative estimate of drug-likeness (QED) is 0.497. The van der Waals surface area contributed by atoms with Crippen molar-refractivity contribution in [1.29, 1.82) is 0 Å². The number of benzene rings is 2. The molecule has 0 bridgehead atoms. The third kappa shape index (κ3) is 3.32. The van der Waals surface area contributed by atoms with Gasteiger partial charge in [-0.2, -0.15) is 0 Å². The molecule has 1 saturated heterocycles. The smallest absolute Gasteiger partial charge is 0.142 e. The summed E-state index contributed by atoms with van der Waals surface area (Å²) in [4.78, 5) is 14.9. The Balaban J connectivity index is 1.70. The summed E-state index contributed by atoms with van der Waals surface area (Å²) in [7, 11) is 0. The molecule has 3 heterocycles. The summed E-state index contributed by atoms with van der Waals surface area (Å²) in [5, 5.41) is 0.636. The van der Waals surface area contributed by atoms with E-state index >= 15 is 0 Å². The molecule has 1 fully saturated rings. The lowest BCUT2D eigenvalue weighted by atomic mass is 9.94. The molecule has 1 aliphatic heterocycles. The van der Waals surface area contributed by atoms with Gasteiger partial charge in [0.1, 0.15) is 11.6 Å². The Morgan fingerprint density at radius 1 is 1.17 bits per heavy atom. The molecule has 7 heteroatoms. The molecule has 0 aliphatic carbocycles. The van der Waals surface area contributed by atoms with Crippen LogP contribution in [0.4, 0.5) is 10.1 Å². The summed E-state index contributed by atoms with van der Waals surface area (Å²) in [6, 6.07) is 10.6. The Hall–Kier alpha value is -2.96. The van der Waals surface area contributed by atoms with E-state index in [1.54, 1.807) is 18.5 Å². The van der Waals surface area contributed by atoms with Gasteiger partial charge in [0.25, 0.3) is 0 Å². The van der Waals surface area contributed by atoms with Gasteiger partial charge in [-0.25, -0.2) is 9.37 Å². The second-order valence-electron chi connectivity index (χ2n) is 7.85. The lowest BCUT2D eigenvalue weighted by Crippen LogP contribution is -2.50. The van der Waals surface area contributed by atoms with E-state index < -0.39 is 0 Å².